The lowest BCUT2D eigenvalue weighted by Gasteiger charge is -2.18. The molecular weight excluding hydrogens is 156 g/mol. The summed E-state index contributed by atoms with van der Waals surface area (Å²) in [5, 5.41) is 0.597. The lowest BCUT2D eigenvalue weighted by Crippen LogP contribution is -2.24. The Morgan fingerprint density at radius 2 is 2.18 bits per heavy atom. The SMILES string of the molecule is CCC1CCC2CC[S+]([O-])C12. The van der Waals surface area contributed by atoms with Gasteiger partial charge in [-0.2, -0.15) is 0 Å². The van der Waals surface area contributed by atoms with E-state index in [2.05, 4.69) is 6.92 Å². The average molecular weight is 172 g/mol. The molecule has 2 rings (SSSR count). The van der Waals surface area contributed by atoms with E-state index in [0.29, 0.717) is 5.25 Å². The highest BCUT2D eigenvalue weighted by molar-refractivity contribution is 7.92. The van der Waals surface area contributed by atoms with E-state index in [0.717, 1.165) is 17.6 Å². The van der Waals surface area contributed by atoms with E-state index in [1.807, 2.05) is 0 Å². The molecule has 1 saturated heterocycles. The molecule has 0 bridgehead atoms. The molecule has 2 fully saturated rings. The van der Waals surface area contributed by atoms with Crippen LogP contribution in [0.4, 0.5) is 0 Å². The summed E-state index contributed by atoms with van der Waals surface area (Å²) in [4.78, 5) is 0. The van der Waals surface area contributed by atoms with Gasteiger partial charge in [-0.25, -0.2) is 0 Å². The molecule has 0 aromatic carbocycles. The van der Waals surface area contributed by atoms with Gasteiger partial charge in [0.1, 0.15) is 11.0 Å². The molecule has 2 aliphatic rings. The van der Waals surface area contributed by atoms with Gasteiger partial charge in [0.05, 0.1) is 0 Å². The van der Waals surface area contributed by atoms with Gasteiger partial charge in [-0.3, -0.25) is 0 Å². The largest absolute Gasteiger partial charge is 0.616 e. The van der Waals surface area contributed by atoms with Gasteiger partial charge < -0.3 is 4.55 Å². The van der Waals surface area contributed by atoms with Crippen molar-refractivity contribution in [1.82, 2.24) is 0 Å². The van der Waals surface area contributed by atoms with Gasteiger partial charge >= 0.3 is 0 Å². The molecule has 4 unspecified atom stereocenters. The van der Waals surface area contributed by atoms with Crippen molar-refractivity contribution in [3.63, 3.8) is 0 Å². The summed E-state index contributed by atoms with van der Waals surface area (Å²) in [6.07, 6.45) is 5.19. The van der Waals surface area contributed by atoms with Crippen LogP contribution in [0.3, 0.4) is 0 Å². The second-order valence-electron chi connectivity index (χ2n) is 3.84. The van der Waals surface area contributed by atoms with Crippen LogP contribution in [0.25, 0.3) is 0 Å². The molecule has 1 nitrogen and oxygen atoms in total. The summed E-state index contributed by atoms with van der Waals surface area (Å²) in [5.41, 5.74) is 0. The van der Waals surface area contributed by atoms with Crippen molar-refractivity contribution in [1.29, 1.82) is 0 Å². The normalized spacial score (nSPS) is 49.6. The summed E-state index contributed by atoms with van der Waals surface area (Å²) < 4.78 is 11.5. The van der Waals surface area contributed by atoms with Crippen LogP contribution in [-0.2, 0) is 11.2 Å². The van der Waals surface area contributed by atoms with Crippen LogP contribution < -0.4 is 0 Å². The zero-order chi connectivity index (χ0) is 7.84. The third kappa shape index (κ3) is 1.20. The second-order valence-corrected chi connectivity index (χ2v) is 5.56. The first-order valence-corrected chi connectivity index (χ1v) is 6.08. The maximum absolute atomic E-state index is 11.5. The fourth-order valence-electron chi connectivity index (χ4n) is 2.72. The summed E-state index contributed by atoms with van der Waals surface area (Å²) in [5.74, 6) is 2.62. The molecule has 0 spiro atoms. The average Bonchev–Trinajstić information content (AvgIpc) is 2.54. The topological polar surface area (TPSA) is 23.1 Å². The van der Waals surface area contributed by atoms with Crippen molar-refractivity contribution in [2.24, 2.45) is 11.8 Å². The molecular formula is C9H16OS. The summed E-state index contributed by atoms with van der Waals surface area (Å²) >= 11 is -0.458. The molecule has 1 heterocycles. The summed E-state index contributed by atoms with van der Waals surface area (Å²) in [6, 6.07) is 0. The van der Waals surface area contributed by atoms with Crippen LogP contribution in [0.2, 0.25) is 0 Å². The van der Waals surface area contributed by atoms with E-state index in [1.165, 1.54) is 25.7 Å². The number of hydrogen-bond donors (Lipinski definition) is 0. The first-order valence-electron chi connectivity index (χ1n) is 4.70. The Morgan fingerprint density at radius 3 is 2.91 bits per heavy atom. The van der Waals surface area contributed by atoms with Gasteiger partial charge in [0.25, 0.3) is 0 Å². The van der Waals surface area contributed by atoms with Gasteiger partial charge in [0.15, 0.2) is 0 Å². The van der Waals surface area contributed by atoms with E-state index >= 15 is 0 Å². The highest BCUT2D eigenvalue weighted by Crippen LogP contribution is 2.44. The molecule has 11 heavy (non-hydrogen) atoms. The third-order valence-electron chi connectivity index (χ3n) is 3.36. The zero-order valence-electron chi connectivity index (χ0n) is 7.08. The fourth-order valence-corrected chi connectivity index (χ4v) is 4.99. The molecule has 0 amide bonds. The van der Waals surface area contributed by atoms with Crippen molar-refractivity contribution in [2.45, 2.75) is 37.9 Å². The Bertz CT molecular complexity index is 148. The first kappa shape index (κ1) is 7.93. The number of fused-ring (bicyclic) bond motifs is 1. The predicted molar refractivity (Wildman–Crippen MR) is 47.9 cm³/mol. The van der Waals surface area contributed by atoms with Crippen LogP contribution in [0, 0.1) is 11.8 Å². The van der Waals surface area contributed by atoms with Gasteiger partial charge in [-0.1, -0.05) is 18.1 Å². The minimum Gasteiger partial charge on any atom is -0.616 e. The lowest BCUT2D eigenvalue weighted by molar-refractivity contribution is 0.485. The van der Waals surface area contributed by atoms with Gasteiger partial charge in [-0.05, 0) is 25.7 Å². The quantitative estimate of drug-likeness (QED) is 0.554. The Labute approximate surface area is 71.7 Å². The molecule has 0 aromatic rings. The number of hydrogen-bond acceptors (Lipinski definition) is 1. The van der Waals surface area contributed by atoms with E-state index in [4.69, 9.17) is 0 Å². The van der Waals surface area contributed by atoms with Crippen molar-refractivity contribution >= 4 is 11.2 Å². The minimum atomic E-state index is -0.458. The van der Waals surface area contributed by atoms with Gasteiger partial charge in [0, 0.05) is 11.8 Å². The highest BCUT2D eigenvalue weighted by Gasteiger charge is 2.47. The van der Waals surface area contributed by atoms with E-state index in [1.54, 1.807) is 0 Å². The fraction of sp³-hybridized carbons (Fsp3) is 1.00. The Hall–Kier alpha value is 0.310. The molecule has 0 radical (unpaired) electrons. The van der Waals surface area contributed by atoms with Gasteiger partial charge in [0.2, 0.25) is 0 Å². The van der Waals surface area contributed by atoms with E-state index in [-0.39, 0.29) is 0 Å². The predicted octanol–water partition coefficient (Wildman–Crippen LogP) is 1.94. The Morgan fingerprint density at radius 1 is 1.36 bits per heavy atom. The summed E-state index contributed by atoms with van der Waals surface area (Å²) in [6.45, 7) is 2.24. The van der Waals surface area contributed by atoms with Crippen LogP contribution in [-0.4, -0.2) is 15.6 Å². The monoisotopic (exact) mass is 172 g/mol. The van der Waals surface area contributed by atoms with Crippen molar-refractivity contribution in [2.75, 3.05) is 5.75 Å². The zero-order valence-corrected chi connectivity index (χ0v) is 7.90. The molecule has 1 saturated carbocycles. The highest BCUT2D eigenvalue weighted by atomic mass is 32.2. The minimum absolute atomic E-state index is 0.458. The van der Waals surface area contributed by atoms with E-state index < -0.39 is 11.2 Å². The molecule has 64 valence electrons. The summed E-state index contributed by atoms with van der Waals surface area (Å²) in [7, 11) is 0. The molecule has 4 atom stereocenters. The third-order valence-corrected chi connectivity index (χ3v) is 5.37. The second kappa shape index (κ2) is 2.98. The van der Waals surface area contributed by atoms with Crippen LogP contribution in [0.1, 0.15) is 32.6 Å². The van der Waals surface area contributed by atoms with Crippen molar-refractivity contribution in [3.05, 3.63) is 0 Å². The van der Waals surface area contributed by atoms with Crippen molar-refractivity contribution in [3.8, 4) is 0 Å². The van der Waals surface area contributed by atoms with Crippen LogP contribution in [0.5, 0.6) is 0 Å². The lowest BCUT2D eigenvalue weighted by atomic mass is 10.0. The molecule has 0 N–H and O–H groups in total. The Kier molecular flexibility index (Phi) is 2.15. The standard InChI is InChI=1S/C9H16OS/c1-2-7-3-4-8-5-6-11(10)9(7)8/h7-9H,2-6H2,1H3. The maximum atomic E-state index is 11.5. The van der Waals surface area contributed by atoms with E-state index in [9.17, 15) is 4.55 Å². The van der Waals surface area contributed by atoms with Crippen LogP contribution in [0.15, 0.2) is 0 Å². The molecule has 0 aromatic heterocycles. The smallest absolute Gasteiger partial charge is 0.121 e. The van der Waals surface area contributed by atoms with Gasteiger partial charge in [-0.15, -0.1) is 0 Å². The number of rotatable bonds is 1. The molecule has 2 heteroatoms. The first-order chi connectivity index (χ1) is 5.33. The molecule has 1 aliphatic carbocycles. The molecule has 1 aliphatic heterocycles. The maximum Gasteiger partial charge on any atom is 0.121 e. The Balaban J connectivity index is 2.07. The van der Waals surface area contributed by atoms with Crippen molar-refractivity contribution < 1.29 is 4.55 Å². The van der Waals surface area contributed by atoms with Crippen LogP contribution >= 0.6 is 0 Å².